The summed E-state index contributed by atoms with van der Waals surface area (Å²) >= 11 is 8.93. The van der Waals surface area contributed by atoms with Crippen LogP contribution in [0.4, 0.5) is 0 Å². The zero-order valence-electron chi connectivity index (χ0n) is 22.4. The summed E-state index contributed by atoms with van der Waals surface area (Å²) in [5.41, 5.74) is 3.93. The van der Waals surface area contributed by atoms with Gasteiger partial charge in [0, 0.05) is 27.2 Å². The maximum atomic E-state index is 14.1. The molecule has 0 N–H and O–H groups in total. The third-order valence-electron chi connectivity index (χ3n) is 6.56. The van der Waals surface area contributed by atoms with E-state index >= 15 is 0 Å². The van der Waals surface area contributed by atoms with Gasteiger partial charge in [0.1, 0.15) is 11.7 Å². The number of fused-ring (bicyclic) bond motifs is 1. The summed E-state index contributed by atoms with van der Waals surface area (Å²) in [6, 6.07) is 20.5. The first-order chi connectivity index (χ1) is 19.8. The Labute approximate surface area is 249 Å². The molecule has 10 heteroatoms. The largest absolute Gasteiger partial charge is 0.459 e. The van der Waals surface area contributed by atoms with Crippen molar-refractivity contribution in [3.05, 3.63) is 125 Å². The maximum Gasteiger partial charge on any atom is 0.338 e. The first-order valence-electron chi connectivity index (χ1n) is 13.0. The molecule has 1 aliphatic heterocycles. The zero-order chi connectivity index (χ0) is 28.7. The maximum absolute atomic E-state index is 14.1. The third kappa shape index (κ3) is 5.24. The minimum atomic E-state index is -0.623. The van der Waals surface area contributed by atoms with E-state index in [-0.39, 0.29) is 11.7 Å². The summed E-state index contributed by atoms with van der Waals surface area (Å²) in [5.74, 6) is -0.469. The van der Waals surface area contributed by atoms with Crippen LogP contribution >= 0.6 is 34.3 Å². The Morgan fingerprint density at radius 1 is 1.07 bits per heavy atom. The van der Waals surface area contributed by atoms with Crippen LogP contribution in [-0.4, -0.2) is 26.4 Å². The number of benzene rings is 2. The number of carbonyl (C=O) groups is 1. The lowest BCUT2D eigenvalue weighted by Crippen LogP contribution is -2.39. The number of carbonyl (C=O) groups excluding carboxylic acids is 1. The number of thiazole rings is 1. The van der Waals surface area contributed by atoms with E-state index in [2.05, 4.69) is 0 Å². The van der Waals surface area contributed by atoms with Gasteiger partial charge in [-0.25, -0.2) is 14.5 Å². The van der Waals surface area contributed by atoms with Crippen molar-refractivity contribution in [1.82, 2.24) is 14.3 Å². The van der Waals surface area contributed by atoms with Crippen molar-refractivity contribution in [3.8, 4) is 16.9 Å². The second-order valence-electron chi connectivity index (χ2n) is 9.77. The number of thiophene rings is 1. The summed E-state index contributed by atoms with van der Waals surface area (Å²) in [6.45, 7) is 5.39. The fourth-order valence-electron chi connectivity index (χ4n) is 4.76. The molecule has 1 aliphatic rings. The van der Waals surface area contributed by atoms with Gasteiger partial charge in [0.2, 0.25) is 0 Å². The van der Waals surface area contributed by atoms with E-state index in [4.69, 9.17) is 26.4 Å². The molecule has 0 saturated heterocycles. The lowest BCUT2D eigenvalue weighted by Gasteiger charge is -2.24. The average Bonchev–Trinajstić information content (AvgIpc) is 3.69. The molecule has 1 atom stereocenters. The number of ether oxygens (including phenoxy) is 1. The molecular formula is C31H25ClN4O3S2. The summed E-state index contributed by atoms with van der Waals surface area (Å²) in [4.78, 5) is 33.4. The molecule has 0 aliphatic carbocycles. The predicted octanol–water partition coefficient (Wildman–Crippen LogP) is 5.75. The predicted molar refractivity (Wildman–Crippen MR) is 163 cm³/mol. The van der Waals surface area contributed by atoms with Crippen LogP contribution in [0.2, 0.25) is 5.02 Å². The van der Waals surface area contributed by atoms with Gasteiger partial charge in [-0.3, -0.25) is 9.36 Å². The van der Waals surface area contributed by atoms with E-state index in [1.807, 2.05) is 84.4 Å². The fourth-order valence-corrected chi connectivity index (χ4v) is 6.74. The number of halogens is 1. The molecule has 3 aromatic heterocycles. The normalized spacial score (nSPS) is 15.2. The van der Waals surface area contributed by atoms with Gasteiger partial charge in [-0.1, -0.05) is 59.3 Å². The van der Waals surface area contributed by atoms with Crippen molar-refractivity contribution in [3.63, 3.8) is 0 Å². The average molecular weight is 601 g/mol. The molecule has 0 saturated carbocycles. The van der Waals surface area contributed by atoms with Crippen LogP contribution in [0, 0.1) is 0 Å². The summed E-state index contributed by atoms with van der Waals surface area (Å²) in [6.07, 6.45) is 3.45. The van der Waals surface area contributed by atoms with E-state index in [9.17, 15) is 9.59 Å². The minimum absolute atomic E-state index is 0.232. The van der Waals surface area contributed by atoms with Crippen molar-refractivity contribution < 1.29 is 9.53 Å². The molecule has 4 heterocycles. The molecule has 0 radical (unpaired) electrons. The van der Waals surface area contributed by atoms with E-state index in [1.165, 1.54) is 22.7 Å². The van der Waals surface area contributed by atoms with Crippen LogP contribution in [0.15, 0.2) is 99.4 Å². The van der Waals surface area contributed by atoms with Crippen molar-refractivity contribution >= 4 is 46.3 Å². The monoisotopic (exact) mass is 600 g/mol. The first-order valence-corrected chi connectivity index (χ1v) is 15.1. The molecule has 0 unspecified atom stereocenters. The smallest absolute Gasteiger partial charge is 0.338 e. The van der Waals surface area contributed by atoms with Gasteiger partial charge in [0.25, 0.3) is 5.56 Å². The highest BCUT2D eigenvalue weighted by Gasteiger charge is 2.34. The van der Waals surface area contributed by atoms with Gasteiger partial charge in [-0.2, -0.15) is 5.10 Å². The van der Waals surface area contributed by atoms with Crippen LogP contribution in [0.5, 0.6) is 0 Å². The number of allylic oxidation sites excluding steroid dienone is 1. The van der Waals surface area contributed by atoms with Gasteiger partial charge in [0.15, 0.2) is 4.80 Å². The SMILES string of the molecule is CC1=C(C(=O)OC(C)C)[C@@H](c2cccs2)n2c(s/c(=C\c3cn(-c4ccccc4)nc3-c3ccc(Cl)cc3)c2=O)=N1. The number of para-hydroxylation sites is 1. The van der Waals surface area contributed by atoms with Crippen molar-refractivity contribution in [2.24, 2.45) is 4.99 Å². The molecule has 2 aromatic carbocycles. The van der Waals surface area contributed by atoms with Crippen LogP contribution in [0.25, 0.3) is 23.0 Å². The number of hydrogen-bond acceptors (Lipinski definition) is 7. The van der Waals surface area contributed by atoms with E-state index in [0.717, 1.165) is 21.7 Å². The molecule has 0 fully saturated rings. The van der Waals surface area contributed by atoms with Gasteiger partial charge < -0.3 is 4.74 Å². The second kappa shape index (κ2) is 11.1. The Bertz CT molecular complexity index is 1950. The third-order valence-corrected chi connectivity index (χ3v) is 8.72. The molecule has 7 nitrogen and oxygen atoms in total. The molecule has 5 aromatic rings. The van der Waals surface area contributed by atoms with Crippen LogP contribution in [-0.2, 0) is 9.53 Å². The molecule has 41 heavy (non-hydrogen) atoms. The van der Waals surface area contributed by atoms with Crippen LogP contribution in [0.1, 0.15) is 37.3 Å². The highest BCUT2D eigenvalue weighted by Crippen LogP contribution is 2.33. The van der Waals surface area contributed by atoms with Gasteiger partial charge in [-0.15, -0.1) is 11.3 Å². The standard InChI is InChI=1S/C31H25ClN4O3S2/c1-18(2)39-30(38)26-19(3)33-31-36(28(26)24-10-7-15-40-24)29(37)25(41-31)16-21-17-35(23-8-5-4-6-9-23)34-27(21)20-11-13-22(32)14-12-20/h4-18,28H,1-3H3/b25-16-/t28-/m1/s1. The van der Waals surface area contributed by atoms with Gasteiger partial charge >= 0.3 is 5.97 Å². The lowest BCUT2D eigenvalue weighted by atomic mass is 10.0. The van der Waals surface area contributed by atoms with Crippen molar-refractivity contribution in [2.75, 3.05) is 0 Å². The molecule has 6 rings (SSSR count). The molecule has 0 bridgehead atoms. The first kappa shape index (κ1) is 27.1. The zero-order valence-corrected chi connectivity index (χ0v) is 24.8. The quantitative estimate of drug-likeness (QED) is 0.232. The number of rotatable bonds is 6. The topological polar surface area (TPSA) is 78.5 Å². The summed E-state index contributed by atoms with van der Waals surface area (Å²) in [7, 11) is 0. The Balaban J connectivity index is 1.54. The highest BCUT2D eigenvalue weighted by molar-refractivity contribution is 7.10. The Kier molecular flexibility index (Phi) is 7.33. The number of nitrogens with zero attached hydrogens (tertiary/aromatic N) is 4. The highest BCUT2D eigenvalue weighted by atomic mass is 35.5. The van der Waals surface area contributed by atoms with Gasteiger partial charge in [-0.05, 0) is 62.6 Å². The molecular weight excluding hydrogens is 576 g/mol. The lowest BCUT2D eigenvalue weighted by molar-refractivity contribution is -0.143. The van der Waals surface area contributed by atoms with E-state index in [1.54, 1.807) is 30.0 Å². The summed E-state index contributed by atoms with van der Waals surface area (Å²) in [5, 5.41) is 7.43. The molecule has 0 spiro atoms. The second-order valence-corrected chi connectivity index (χ2v) is 12.2. The van der Waals surface area contributed by atoms with Gasteiger partial charge in [0.05, 0.1) is 27.6 Å². The Hall–Kier alpha value is -4.05. The number of esters is 1. The van der Waals surface area contributed by atoms with E-state index in [0.29, 0.717) is 31.3 Å². The summed E-state index contributed by atoms with van der Waals surface area (Å²) < 4.78 is 9.46. The molecule has 206 valence electrons. The molecule has 0 amide bonds. The van der Waals surface area contributed by atoms with Crippen molar-refractivity contribution in [2.45, 2.75) is 32.9 Å². The fraction of sp³-hybridized carbons (Fsp3) is 0.161. The van der Waals surface area contributed by atoms with E-state index < -0.39 is 12.0 Å². The Morgan fingerprint density at radius 2 is 1.83 bits per heavy atom. The minimum Gasteiger partial charge on any atom is -0.459 e. The number of hydrogen-bond donors (Lipinski definition) is 0. The Morgan fingerprint density at radius 3 is 2.51 bits per heavy atom. The van der Waals surface area contributed by atoms with Crippen LogP contribution in [0.3, 0.4) is 0 Å². The van der Waals surface area contributed by atoms with Crippen molar-refractivity contribution in [1.29, 1.82) is 0 Å². The number of aromatic nitrogens is 3. The van der Waals surface area contributed by atoms with Crippen LogP contribution < -0.4 is 14.9 Å².